The van der Waals surface area contributed by atoms with Crippen LogP contribution in [0.15, 0.2) is 24.3 Å². The number of rotatable bonds is 7. The Hall–Kier alpha value is -3.14. The average molecular weight is 540 g/mol. The number of benzene rings is 1. The van der Waals surface area contributed by atoms with E-state index in [0.717, 1.165) is 19.3 Å². The minimum Gasteiger partial charge on any atom is -0.355 e. The molecule has 4 aliphatic carbocycles. The fraction of sp³-hybridized carbons (Fsp3) is 0.655. The van der Waals surface area contributed by atoms with Crippen LogP contribution in [-0.4, -0.2) is 59.0 Å². The number of piperidine rings is 1. The second-order valence-corrected chi connectivity index (χ2v) is 13.2. The first kappa shape index (κ1) is 27.4. The van der Waals surface area contributed by atoms with E-state index in [2.05, 4.69) is 29.8 Å². The van der Waals surface area contributed by atoms with Gasteiger partial charge in [-0.05, 0) is 92.4 Å². The van der Waals surface area contributed by atoms with Crippen LogP contribution in [0.4, 0.5) is 10.5 Å². The van der Waals surface area contributed by atoms with Crippen LogP contribution in [0.5, 0.6) is 0 Å². The molecule has 6 rings (SSSR count). The second kappa shape index (κ2) is 10.4. The molecule has 212 valence electrons. The Bertz CT molecular complexity index is 1120. The van der Waals surface area contributed by atoms with Crippen LogP contribution >= 0.6 is 0 Å². The molecular weight excluding hydrogens is 498 g/mol. The van der Waals surface area contributed by atoms with Gasteiger partial charge < -0.3 is 20.9 Å². The zero-order valence-electron chi connectivity index (χ0n) is 23.0. The predicted molar refractivity (Wildman–Crippen MR) is 145 cm³/mol. The van der Waals surface area contributed by atoms with E-state index in [9.17, 15) is 19.2 Å². The summed E-state index contributed by atoms with van der Waals surface area (Å²) < 4.78 is 0. The fourth-order valence-electron chi connectivity index (χ4n) is 8.74. The highest BCUT2D eigenvalue weighted by molar-refractivity contribution is 5.96. The predicted octanol–water partition coefficient (Wildman–Crippen LogP) is 3.42. The third-order valence-electron chi connectivity index (χ3n) is 9.25. The van der Waals surface area contributed by atoms with Gasteiger partial charge in [-0.2, -0.15) is 0 Å². The first-order valence-electron chi connectivity index (χ1n) is 14.2. The molecule has 1 aromatic carbocycles. The van der Waals surface area contributed by atoms with Gasteiger partial charge in [0.25, 0.3) is 5.91 Å². The number of urea groups is 1. The van der Waals surface area contributed by atoms with Gasteiger partial charge in [0.05, 0.1) is 5.92 Å². The number of amides is 5. The Kier molecular flexibility index (Phi) is 7.35. The molecule has 5 N–H and O–H groups in total. The van der Waals surface area contributed by atoms with Gasteiger partial charge in [0.1, 0.15) is 0 Å². The molecule has 5 fully saturated rings. The van der Waals surface area contributed by atoms with E-state index >= 15 is 0 Å². The summed E-state index contributed by atoms with van der Waals surface area (Å²) in [4.78, 5) is 51.5. The maximum Gasteiger partial charge on any atom is 0.319 e. The number of likely N-dealkylation sites (tertiary alicyclic amines) is 1. The lowest BCUT2D eigenvalue weighted by Gasteiger charge is -2.65. The molecule has 0 radical (unpaired) electrons. The van der Waals surface area contributed by atoms with E-state index in [1.54, 1.807) is 29.2 Å². The van der Waals surface area contributed by atoms with Crippen molar-refractivity contribution in [3.05, 3.63) is 29.8 Å². The molecule has 0 spiro atoms. The Morgan fingerprint density at radius 1 is 1.00 bits per heavy atom. The summed E-state index contributed by atoms with van der Waals surface area (Å²) in [6.07, 6.45) is 8.30. The van der Waals surface area contributed by atoms with Gasteiger partial charge in [0.2, 0.25) is 11.8 Å². The molecule has 0 aromatic heterocycles. The largest absolute Gasteiger partial charge is 0.355 e. The summed E-state index contributed by atoms with van der Waals surface area (Å²) in [5, 5.41) is 17.6. The van der Waals surface area contributed by atoms with Gasteiger partial charge in [0.15, 0.2) is 0 Å². The summed E-state index contributed by atoms with van der Waals surface area (Å²) in [5.74, 6) is -0.583. The number of hydroxylamine groups is 1. The lowest BCUT2D eigenvalue weighted by molar-refractivity contribution is -0.129. The van der Waals surface area contributed by atoms with Crippen LogP contribution < -0.4 is 21.4 Å². The summed E-state index contributed by atoms with van der Waals surface area (Å²) in [7, 11) is 0. The number of nitrogens with zero attached hydrogens (tertiary/aromatic N) is 1. The molecule has 3 atom stereocenters. The van der Waals surface area contributed by atoms with E-state index in [-0.39, 0.29) is 42.3 Å². The minimum absolute atomic E-state index is 0.0176. The van der Waals surface area contributed by atoms with Crippen molar-refractivity contribution in [2.75, 3.05) is 25.0 Å². The minimum atomic E-state index is -0.567. The van der Waals surface area contributed by atoms with Crippen molar-refractivity contribution in [1.82, 2.24) is 21.0 Å². The number of hydrogen-bond acceptors (Lipinski definition) is 5. The van der Waals surface area contributed by atoms with Crippen molar-refractivity contribution in [2.45, 2.75) is 77.2 Å². The molecule has 4 saturated carbocycles. The zero-order valence-corrected chi connectivity index (χ0v) is 23.0. The number of nitrogens with one attached hydrogen (secondary N) is 4. The number of hydrogen-bond donors (Lipinski definition) is 5. The molecule has 5 amide bonds. The van der Waals surface area contributed by atoms with E-state index < -0.39 is 5.91 Å². The Morgan fingerprint density at radius 3 is 2.33 bits per heavy atom. The van der Waals surface area contributed by atoms with Gasteiger partial charge in [0, 0.05) is 42.8 Å². The van der Waals surface area contributed by atoms with Gasteiger partial charge in [-0.15, -0.1) is 0 Å². The van der Waals surface area contributed by atoms with Crippen molar-refractivity contribution in [3.63, 3.8) is 0 Å². The molecule has 1 heterocycles. The SMILES string of the molecule is CC12CC3CC(C)(C1)CC(NC(=O)Nc1ccc(C(=O)N4CCC[C@H](C(=O)NCCC(=O)NO)C4)cc1)(C3)C2. The molecule has 1 aromatic rings. The van der Waals surface area contributed by atoms with Crippen LogP contribution in [0.25, 0.3) is 0 Å². The highest BCUT2D eigenvalue weighted by Gasteiger charge is 2.60. The standard InChI is InChI=1S/C29H41N5O5/c1-27-12-19-13-28(2,16-27)18-29(14-19,17-27)32-26(38)31-22-7-5-20(6-8-22)25(37)34-11-3-4-21(15-34)24(36)30-10-9-23(35)33-39/h5-8,19,21,39H,3-4,9-18H2,1-2H3,(H,30,36)(H,33,35)(H2,31,32,38)/t19?,21-,27?,28?,29?/m0/s1. The van der Waals surface area contributed by atoms with Crippen LogP contribution in [0.1, 0.15) is 82.0 Å². The molecule has 10 heteroatoms. The van der Waals surface area contributed by atoms with Crippen molar-refractivity contribution < 1.29 is 24.4 Å². The van der Waals surface area contributed by atoms with Crippen molar-refractivity contribution in [3.8, 4) is 0 Å². The van der Waals surface area contributed by atoms with Crippen molar-refractivity contribution >= 4 is 29.4 Å². The Morgan fingerprint density at radius 2 is 1.69 bits per heavy atom. The van der Waals surface area contributed by atoms with Gasteiger partial charge in [-0.25, -0.2) is 10.3 Å². The molecule has 1 saturated heterocycles. The molecule has 10 nitrogen and oxygen atoms in total. The summed E-state index contributed by atoms with van der Waals surface area (Å²) in [6, 6.07) is 6.72. The molecule has 1 aliphatic heterocycles. The molecular formula is C29H41N5O5. The highest BCUT2D eigenvalue weighted by Crippen LogP contribution is 2.66. The van der Waals surface area contributed by atoms with E-state index in [0.29, 0.717) is 53.9 Å². The van der Waals surface area contributed by atoms with E-state index in [4.69, 9.17) is 5.21 Å². The van der Waals surface area contributed by atoms with Crippen LogP contribution in [-0.2, 0) is 9.59 Å². The third-order valence-corrected chi connectivity index (χ3v) is 9.25. The first-order chi connectivity index (χ1) is 18.5. The quantitative estimate of drug-likeness (QED) is 0.267. The van der Waals surface area contributed by atoms with Crippen molar-refractivity contribution in [2.24, 2.45) is 22.7 Å². The van der Waals surface area contributed by atoms with Crippen molar-refractivity contribution in [1.29, 1.82) is 0 Å². The topological polar surface area (TPSA) is 140 Å². The zero-order chi connectivity index (χ0) is 27.8. The molecule has 39 heavy (non-hydrogen) atoms. The summed E-state index contributed by atoms with van der Waals surface area (Å²) in [5.41, 5.74) is 3.17. The fourth-order valence-corrected chi connectivity index (χ4v) is 8.74. The van der Waals surface area contributed by atoms with E-state index in [1.807, 2.05) is 0 Å². The van der Waals surface area contributed by atoms with Gasteiger partial charge in [-0.3, -0.25) is 19.6 Å². The molecule has 4 bridgehead atoms. The first-order valence-corrected chi connectivity index (χ1v) is 14.2. The number of carbonyl (C=O) groups excluding carboxylic acids is 4. The maximum absolute atomic E-state index is 13.1. The maximum atomic E-state index is 13.1. The van der Waals surface area contributed by atoms with Crippen LogP contribution in [0.2, 0.25) is 0 Å². The molecule has 5 aliphatic rings. The lowest BCUT2D eigenvalue weighted by Crippen LogP contribution is -2.65. The molecule has 2 unspecified atom stereocenters. The normalized spacial score (nSPS) is 32.8. The average Bonchev–Trinajstić information content (AvgIpc) is 2.86. The summed E-state index contributed by atoms with van der Waals surface area (Å²) >= 11 is 0. The Balaban J connectivity index is 1.13. The van der Waals surface area contributed by atoms with E-state index in [1.165, 1.54) is 24.7 Å². The number of anilines is 1. The number of carbonyl (C=O) groups is 4. The van der Waals surface area contributed by atoms with Gasteiger partial charge >= 0.3 is 6.03 Å². The van der Waals surface area contributed by atoms with Gasteiger partial charge in [-0.1, -0.05) is 13.8 Å². The smallest absolute Gasteiger partial charge is 0.319 e. The monoisotopic (exact) mass is 539 g/mol. The van der Waals surface area contributed by atoms with Crippen LogP contribution in [0.3, 0.4) is 0 Å². The Labute approximate surface area is 229 Å². The van der Waals surface area contributed by atoms with Crippen LogP contribution in [0, 0.1) is 22.7 Å². The lowest BCUT2D eigenvalue weighted by atomic mass is 9.43. The second-order valence-electron chi connectivity index (χ2n) is 13.2. The summed E-state index contributed by atoms with van der Waals surface area (Å²) in [6.45, 7) is 5.77. The highest BCUT2D eigenvalue weighted by atomic mass is 16.5. The third kappa shape index (κ3) is 6.05.